The number of nitro groups is 1. The number of non-ortho nitro benzene ring substituents is 1. The van der Waals surface area contributed by atoms with Crippen molar-refractivity contribution in [2.24, 2.45) is 0 Å². The highest BCUT2D eigenvalue weighted by Crippen LogP contribution is 2.23. The molecular formula is C20H22N4O4. The van der Waals surface area contributed by atoms with Gasteiger partial charge in [-0.1, -0.05) is 12.1 Å². The van der Waals surface area contributed by atoms with E-state index in [2.05, 4.69) is 9.88 Å². The van der Waals surface area contributed by atoms with E-state index in [4.69, 9.17) is 0 Å². The van der Waals surface area contributed by atoms with Crippen molar-refractivity contribution in [1.29, 1.82) is 0 Å². The second kappa shape index (κ2) is 7.55. The molecule has 1 aliphatic carbocycles. The SMILES string of the molecule is O=C1CCCc2[nH]c(C(=O)N3CCN(Cc4cccc([N+](=O)[O-])c4)CC3)cc21. The summed E-state index contributed by atoms with van der Waals surface area (Å²) >= 11 is 0. The largest absolute Gasteiger partial charge is 0.354 e. The van der Waals surface area contributed by atoms with Crippen LogP contribution in [0.25, 0.3) is 0 Å². The van der Waals surface area contributed by atoms with Gasteiger partial charge in [0.2, 0.25) is 0 Å². The van der Waals surface area contributed by atoms with Crippen LogP contribution in [0.4, 0.5) is 5.69 Å². The maximum absolute atomic E-state index is 12.8. The molecule has 1 aromatic carbocycles. The molecule has 1 saturated heterocycles. The van der Waals surface area contributed by atoms with Gasteiger partial charge in [0, 0.05) is 62.5 Å². The van der Waals surface area contributed by atoms with Gasteiger partial charge in [-0.2, -0.15) is 0 Å². The molecule has 28 heavy (non-hydrogen) atoms. The molecule has 0 unspecified atom stereocenters. The molecule has 0 bridgehead atoms. The van der Waals surface area contributed by atoms with Crippen LogP contribution in [-0.2, 0) is 13.0 Å². The normalized spacial score (nSPS) is 17.4. The quantitative estimate of drug-likeness (QED) is 0.647. The number of hydrogen-bond acceptors (Lipinski definition) is 5. The minimum atomic E-state index is -0.388. The summed E-state index contributed by atoms with van der Waals surface area (Å²) in [6, 6.07) is 8.36. The second-order valence-electron chi connectivity index (χ2n) is 7.35. The number of aromatic amines is 1. The minimum Gasteiger partial charge on any atom is -0.354 e. The number of aryl methyl sites for hydroxylation is 1. The Labute approximate surface area is 162 Å². The standard InChI is InChI=1S/C20H22N4O4/c25-19-6-2-5-17-16(19)12-18(21-17)20(26)23-9-7-22(8-10-23)13-14-3-1-4-15(11-14)24(27)28/h1,3-4,11-12,21H,2,5-10,13H2. The molecule has 0 spiro atoms. The van der Waals surface area contributed by atoms with Gasteiger partial charge in [-0.3, -0.25) is 24.6 Å². The van der Waals surface area contributed by atoms with Gasteiger partial charge in [0.25, 0.3) is 11.6 Å². The van der Waals surface area contributed by atoms with Gasteiger partial charge in [-0.25, -0.2) is 0 Å². The van der Waals surface area contributed by atoms with Gasteiger partial charge in [0.05, 0.1) is 4.92 Å². The van der Waals surface area contributed by atoms with Crippen molar-refractivity contribution < 1.29 is 14.5 Å². The molecule has 2 aliphatic rings. The highest BCUT2D eigenvalue weighted by Gasteiger charge is 2.27. The zero-order valence-corrected chi connectivity index (χ0v) is 15.5. The first-order chi connectivity index (χ1) is 13.5. The minimum absolute atomic E-state index is 0.0720. The van der Waals surface area contributed by atoms with E-state index in [0.29, 0.717) is 50.4 Å². The number of piperazine rings is 1. The van der Waals surface area contributed by atoms with Crippen LogP contribution in [0.1, 0.15) is 44.9 Å². The topological polar surface area (TPSA) is 99.6 Å². The predicted molar refractivity (Wildman–Crippen MR) is 102 cm³/mol. The molecule has 0 atom stereocenters. The van der Waals surface area contributed by atoms with Crippen LogP contribution in [-0.4, -0.2) is 57.6 Å². The Balaban J connectivity index is 1.36. The van der Waals surface area contributed by atoms with Crippen molar-refractivity contribution in [2.75, 3.05) is 26.2 Å². The van der Waals surface area contributed by atoms with Crippen molar-refractivity contribution in [3.63, 3.8) is 0 Å². The molecule has 0 saturated carbocycles. The van der Waals surface area contributed by atoms with Gasteiger partial charge < -0.3 is 9.88 Å². The molecule has 1 fully saturated rings. The fraction of sp³-hybridized carbons (Fsp3) is 0.400. The van der Waals surface area contributed by atoms with Gasteiger partial charge in [-0.15, -0.1) is 0 Å². The number of benzene rings is 1. The number of nitrogens with one attached hydrogen (secondary N) is 1. The maximum atomic E-state index is 12.8. The third-order valence-electron chi connectivity index (χ3n) is 5.45. The van der Waals surface area contributed by atoms with Crippen LogP contribution in [0.15, 0.2) is 30.3 Å². The van der Waals surface area contributed by atoms with Crippen molar-refractivity contribution in [3.8, 4) is 0 Å². The number of carbonyl (C=O) groups excluding carboxylic acids is 2. The lowest BCUT2D eigenvalue weighted by Gasteiger charge is -2.34. The summed E-state index contributed by atoms with van der Waals surface area (Å²) in [5, 5.41) is 10.9. The Bertz CT molecular complexity index is 928. The van der Waals surface area contributed by atoms with E-state index in [1.165, 1.54) is 6.07 Å². The number of aromatic nitrogens is 1. The third-order valence-corrected chi connectivity index (χ3v) is 5.45. The Hall–Kier alpha value is -3.00. The van der Waals surface area contributed by atoms with Crippen LogP contribution in [0.2, 0.25) is 0 Å². The van der Waals surface area contributed by atoms with Crippen LogP contribution in [0.5, 0.6) is 0 Å². The van der Waals surface area contributed by atoms with Gasteiger partial charge in [-0.05, 0) is 24.5 Å². The molecule has 146 valence electrons. The lowest BCUT2D eigenvalue weighted by atomic mass is 9.97. The summed E-state index contributed by atoms with van der Waals surface area (Å²) in [6.07, 6.45) is 2.19. The molecule has 1 aromatic heterocycles. The summed E-state index contributed by atoms with van der Waals surface area (Å²) in [4.78, 5) is 42.4. The van der Waals surface area contributed by atoms with E-state index in [0.717, 1.165) is 24.1 Å². The van der Waals surface area contributed by atoms with Gasteiger partial charge >= 0.3 is 0 Å². The molecule has 8 nitrogen and oxygen atoms in total. The Morgan fingerprint density at radius 1 is 1.14 bits per heavy atom. The van der Waals surface area contributed by atoms with Crippen LogP contribution in [0, 0.1) is 10.1 Å². The molecule has 2 aromatic rings. The number of Topliss-reactive ketones (excluding diaryl/α,β-unsaturated/α-hetero) is 1. The van der Waals surface area contributed by atoms with E-state index in [1.807, 2.05) is 6.07 Å². The number of rotatable bonds is 4. The highest BCUT2D eigenvalue weighted by molar-refractivity contribution is 6.02. The molecule has 2 heterocycles. The Kier molecular flexibility index (Phi) is 4.95. The lowest BCUT2D eigenvalue weighted by Crippen LogP contribution is -2.48. The Morgan fingerprint density at radius 2 is 1.93 bits per heavy atom. The number of carbonyl (C=O) groups is 2. The first-order valence-electron chi connectivity index (χ1n) is 9.51. The summed E-state index contributed by atoms with van der Waals surface area (Å²) in [5.41, 5.74) is 3.02. The zero-order chi connectivity index (χ0) is 19.7. The fourth-order valence-corrected chi connectivity index (χ4v) is 3.92. The molecule has 8 heteroatoms. The molecule has 0 radical (unpaired) electrons. The van der Waals surface area contributed by atoms with Gasteiger partial charge in [0.1, 0.15) is 5.69 Å². The van der Waals surface area contributed by atoms with Crippen LogP contribution < -0.4 is 0 Å². The van der Waals surface area contributed by atoms with Crippen molar-refractivity contribution in [3.05, 3.63) is 63.0 Å². The van der Waals surface area contributed by atoms with Crippen molar-refractivity contribution in [1.82, 2.24) is 14.8 Å². The fourth-order valence-electron chi connectivity index (χ4n) is 3.92. The average Bonchev–Trinajstić information content (AvgIpc) is 3.14. The highest BCUT2D eigenvalue weighted by atomic mass is 16.6. The number of fused-ring (bicyclic) bond motifs is 1. The summed E-state index contributed by atoms with van der Waals surface area (Å²) in [7, 11) is 0. The summed E-state index contributed by atoms with van der Waals surface area (Å²) in [6.45, 7) is 3.20. The second-order valence-corrected chi connectivity index (χ2v) is 7.35. The molecule has 1 aliphatic heterocycles. The van der Waals surface area contributed by atoms with Crippen LogP contribution >= 0.6 is 0 Å². The number of hydrogen-bond donors (Lipinski definition) is 1. The average molecular weight is 382 g/mol. The smallest absolute Gasteiger partial charge is 0.270 e. The van der Waals surface area contributed by atoms with Crippen molar-refractivity contribution in [2.45, 2.75) is 25.8 Å². The van der Waals surface area contributed by atoms with E-state index in [-0.39, 0.29) is 22.3 Å². The molecular weight excluding hydrogens is 360 g/mol. The third kappa shape index (κ3) is 3.68. The van der Waals surface area contributed by atoms with Crippen molar-refractivity contribution >= 4 is 17.4 Å². The summed E-state index contributed by atoms with van der Waals surface area (Å²) < 4.78 is 0. The summed E-state index contributed by atoms with van der Waals surface area (Å²) in [5.74, 6) is 0.0375. The van der Waals surface area contributed by atoms with E-state index in [1.54, 1.807) is 23.1 Å². The van der Waals surface area contributed by atoms with E-state index >= 15 is 0 Å². The maximum Gasteiger partial charge on any atom is 0.270 e. The number of amides is 1. The van der Waals surface area contributed by atoms with Gasteiger partial charge in [0.15, 0.2) is 5.78 Å². The number of H-pyrrole nitrogens is 1. The first kappa shape index (κ1) is 18.4. The van der Waals surface area contributed by atoms with E-state index in [9.17, 15) is 19.7 Å². The number of nitrogens with zero attached hydrogens (tertiary/aromatic N) is 3. The molecule has 1 amide bonds. The Morgan fingerprint density at radius 3 is 2.64 bits per heavy atom. The first-order valence-corrected chi connectivity index (χ1v) is 9.51. The lowest BCUT2D eigenvalue weighted by molar-refractivity contribution is -0.384. The number of nitro benzene ring substituents is 1. The zero-order valence-electron chi connectivity index (χ0n) is 15.5. The monoisotopic (exact) mass is 382 g/mol. The number of ketones is 1. The van der Waals surface area contributed by atoms with E-state index < -0.39 is 0 Å². The molecule has 1 N–H and O–H groups in total. The van der Waals surface area contributed by atoms with Crippen LogP contribution in [0.3, 0.4) is 0 Å². The predicted octanol–water partition coefficient (Wildman–Crippen LogP) is 2.40. The molecule has 4 rings (SSSR count).